The van der Waals surface area contributed by atoms with E-state index in [1.54, 1.807) is 26.8 Å². The van der Waals surface area contributed by atoms with Crippen molar-refractivity contribution in [1.82, 2.24) is 4.57 Å². The predicted molar refractivity (Wildman–Crippen MR) is 68.7 cm³/mol. The zero-order chi connectivity index (χ0) is 14.4. The predicted octanol–water partition coefficient (Wildman–Crippen LogP) is 1.89. The molecular formula is C13H17NO5. The topological polar surface area (TPSA) is 77.8 Å². The van der Waals surface area contributed by atoms with E-state index < -0.39 is 11.9 Å². The van der Waals surface area contributed by atoms with Crippen LogP contribution in [0.4, 0.5) is 0 Å². The van der Waals surface area contributed by atoms with Gasteiger partial charge in [0.2, 0.25) is 0 Å². The molecule has 1 aromatic rings. The van der Waals surface area contributed by atoms with Crippen LogP contribution in [0.3, 0.4) is 0 Å². The maximum Gasteiger partial charge on any atom is 0.358 e. The van der Waals surface area contributed by atoms with Gasteiger partial charge in [0.1, 0.15) is 12.0 Å². The quantitative estimate of drug-likeness (QED) is 0.501. The zero-order valence-electron chi connectivity index (χ0n) is 11.2. The Morgan fingerprint density at radius 2 is 1.89 bits per heavy atom. The molecule has 0 unspecified atom stereocenters. The number of hydrogen-bond acceptors (Lipinski definition) is 5. The number of nitrogens with zero attached hydrogens (tertiary/aromatic N) is 1. The Labute approximate surface area is 111 Å². The van der Waals surface area contributed by atoms with Crippen molar-refractivity contribution in [2.45, 2.75) is 20.8 Å². The Morgan fingerprint density at radius 3 is 2.42 bits per heavy atom. The lowest BCUT2D eigenvalue weighted by atomic mass is 10.4. The molecule has 6 heteroatoms. The Balaban J connectivity index is 3.21. The average Bonchev–Trinajstić information content (AvgIpc) is 2.74. The first-order chi connectivity index (χ1) is 9.06. The summed E-state index contributed by atoms with van der Waals surface area (Å²) in [6.07, 6.45) is 0.619. The highest BCUT2D eigenvalue weighted by molar-refractivity contribution is 6.11. The van der Waals surface area contributed by atoms with E-state index in [9.17, 15) is 14.7 Å². The number of esters is 2. The van der Waals surface area contributed by atoms with E-state index in [0.29, 0.717) is 12.0 Å². The van der Waals surface area contributed by atoms with Gasteiger partial charge in [0.15, 0.2) is 5.70 Å². The van der Waals surface area contributed by atoms with Gasteiger partial charge in [-0.3, -0.25) is 4.57 Å². The minimum absolute atomic E-state index is 0.132. The van der Waals surface area contributed by atoms with Crippen LogP contribution in [0.25, 0.3) is 5.70 Å². The number of carbonyl (C=O) groups excluding carboxylic acids is 2. The van der Waals surface area contributed by atoms with Gasteiger partial charge in [0.05, 0.1) is 13.2 Å². The van der Waals surface area contributed by atoms with Crippen molar-refractivity contribution in [1.29, 1.82) is 0 Å². The van der Waals surface area contributed by atoms with Gasteiger partial charge in [0.25, 0.3) is 0 Å². The molecule has 0 aliphatic rings. The molecule has 0 saturated carbocycles. The minimum atomic E-state index is -0.713. The monoisotopic (exact) mass is 267 g/mol. The number of rotatable bonds is 5. The van der Waals surface area contributed by atoms with Crippen molar-refractivity contribution >= 4 is 17.6 Å². The summed E-state index contributed by atoms with van der Waals surface area (Å²) in [7, 11) is 0. The summed E-state index contributed by atoms with van der Waals surface area (Å²) in [6, 6.07) is 3.17. The molecule has 0 fully saturated rings. The summed E-state index contributed by atoms with van der Waals surface area (Å²) in [5.74, 6) is -1.28. The first-order valence-electron chi connectivity index (χ1n) is 5.94. The lowest BCUT2D eigenvalue weighted by Gasteiger charge is -2.12. The van der Waals surface area contributed by atoms with Gasteiger partial charge in [0, 0.05) is 5.69 Å². The van der Waals surface area contributed by atoms with Gasteiger partial charge in [-0.05, 0) is 32.9 Å². The highest BCUT2D eigenvalue weighted by Crippen LogP contribution is 2.17. The molecule has 1 heterocycles. The number of aryl methyl sites for hydroxylation is 1. The minimum Gasteiger partial charge on any atom is -0.513 e. The van der Waals surface area contributed by atoms with Crippen LogP contribution in [-0.2, 0) is 14.3 Å². The van der Waals surface area contributed by atoms with Crippen LogP contribution in [0.1, 0.15) is 30.0 Å². The maximum absolute atomic E-state index is 11.8. The summed E-state index contributed by atoms with van der Waals surface area (Å²) >= 11 is 0. The van der Waals surface area contributed by atoms with Gasteiger partial charge in [-0.1, -0.05) is 0 Å². The fraction of sp³-hybridized carbons (Fsp3) is 0.385. The van der Waals surface area contributed by atoms with Crippen LogP contribution in [0.2, 0.25) is 0 Å². The van der Waals surface area contributed by atoms with Gasteiger partial charge in [-0.2, -0.15) is 0 Å². The highest BCUT2D eigenvalue weighted by atomic mass is 16.5. The molecule has 0 spiro atoms. The van der Waals surface area contributed by atoms with Gasteiger partial charge >= 0.3 is 11.9 Å². The molecule has 19 heavy (non-hydrogen) atoms. The van der Waals surface area contributed by atoms with Crippen molar-refractivity contribution in [3.8, 4) is 0 Å². The summed E-state index contributed by atoms with van der Waals surface area (Å²) < 4.78 is 11.0. The molecule has 0 saturated heterocycles. The summed E-state index contributed by atoms with van der Waals surface area (Å²) in [5, 5.41) is 9.22. The summed E-state index contributed by atoms with van der Waals surface area (Å²) in [5.41, 5.74) is 0.636. The molecule has 0 radical (unpaired) electrons. The van der Waals surface area contributed by atoms with Gasteiger partial charge in [-0.25, -0.2) is 9.59 Å². The molecule has 104 valence electrons. The molecule has 0 amide bonds. The molecule has 1 rings (SSSR count). The van der Waals surface area contributed by atoms with Gasteiger partial charge < -0.3 is 14.6 Å². The van der Waals surface area contributed by atoms with E-state index in [4.69, 9.17) is 9.47 Å². The second kappa shape index (κ2) is 6.63. The van der Waals surface area contributed by atoms with E-state index in [0.717, 1.165) is 0 Å². The van der Waals surface area contributed by atoms with Crippen LogP contribution < -0.4 is 0 Å². The van der Waals surface area contributed by atoms with E-state index >= 15 is 0 Å². The number of aromatic nitrogens is 1. The van der Waals surface area contributed by atoms with E-state index in [-0.39, 0.29) is 24.6 Å². The fourth-order valence-corrected chi connectivity index (χ4v) is 1.63. The molecule has 0 aromatic carbocycles. The van der Waals surface area contributed by atoms with Crippen LogP contribution in [0.15, 0.2) is 18.4 Å². The molecule has 1 N–H and O–H groups in total. The first kappa shape index (κ1) is 14.8. The fourth-order valence-electron chi connectivity index (χ4n) is 1.63. The number of aliphatic hydroxyl groups excluding tert-OH is 1. The number of aliphatic hydroxyl groups is 1. The van der Waals surface area contributed by atoms with Crippen LogP contribution in [-0.4, -0.2) is 34.8 Å². The molecule has 1 aromatic heterocycles. The van der Waals surface area contributed by atoms with Crippen LogP contribution >= 0.6 is 0 Å². The Kier molecular flexibility index (Phi) is 5.17. The lowest BCUT2D eigenvalue weighted by Crippen LogP contribution is -2.19. The Bertz CT molecular complexity index is 501. The smallest absolute Gasteiger partial charge is 0.358 e. The third-order valence-corrected chi connectivity index (χ3v) is 2.41. The van der Waals surface area contributed by atoms with Crippen molar-refractivity contribution < 1.29 is 24.2 Å². The van der Waals surface area contributed by atoms with E-state index in [1.165, 1.54) is 10.6 Å². The van der Waals surface area contributed by atoms with E-state index in [1.807, 2.05) is 0 Å². The van der Waals surface area contributed by atoms with Crippen LogP contribution in [0.5, 0.6) is 0 Å². The first-order valence-corrected chi connectivity index (χ1v) is 5.94. The normalized spacial score (nSPS) is 11.2. The second-order valence-electron chi connectivity index (χ2n) is 3.65. The standard InChI is InChI=1S/C13H17NO5/c1-4-18-12(16)10-7-6-9(3)14(10)11(8-15)13(17)19-5-2/h6-8,15H,4-5H2,1-3H3/b11-8+. The molecule has 0 aliphatic heterocycles. The molecule has 0 aliphatic carbocycles. The number of hydrogen-bond donors (Lipinski definition) is 1. The Morgan fingerprint density at radius 1 is 1.26 bits per heavy atom. The lowest BCUT2D eigenvalue weighted by molar-refractivity contribution is -0.136. The number of ether oxygens (including phenoxy) is 2. The van der Waals surface area contributed by atoms with Crippen molar-refractivity contribution in [3.05, 3.63) is 29.8 Å². The third-order valence-electron chi connectivity index (χ3n) is 2.41. The summed E-state index contributed by atoms with van der Waals surface area (Å²) in [4.78, 5) is 23.5. The van der Waals surface area contributed by atoms with Crippen molar-refractivity contribution in [2.75, 3.05) is 13.2 Å². The number of carbonyl (C=O) groups is 2. The largest absolute Gasteiger partial charge is 0.513 e. The SMILES string of the molecule is CCOC(=O)/C(=C\O)n1c(C)ccc1C(=O)OCC. The molecule has 0 bridgehead atoms. The maximum atomic E-state index is 11.8. The zero-order valence-corrected chi connectivity index (χ0v) is 11.2. The third kappa shape index (κ3) is 3.15. The second-order valence-corrected chi connectivity index (χ2v) is 3.65. The summed E-state index contributed by atoms with van der Waals surface area (Å²) in [6.45, 7) is 5.44. The van der Waals surface area contributed by atoms with Crippen LogP contribution in [0, 0.1) is 6.92 Å². The molecular weight excluding hydrogens is 250 g/mol. The molecule has 6 nitrogen and oxygen atoms in total. The van der Waals surface area contributed by atoms with Crippen molar-refractivity contribution in [3.63, 3.8) is 0 Å². The average molecular weight is 267 g/mol. The van der Waals surface area contributed by atoms with Gasteiger partial charge in [-0.15, -0.1) is 0 Å². The highest BCUT2D eigenvalue weighted by Gasteiger charge is 2.22. The Hall–Kier alpha value is -2.24. The van der Waals surface area contributed by atoms with Crippen molar-refractivity contribution in [2.24, 2.45) is 0 Å². The van der Waals surface area contributed by atoms with E-state index in [2.05, 4.69) is 0 Å². The molecule has 0 atom stereocenters.